The Kier molecular flexibility index (Phi) is 6.92. The molecular weight excluding hydrogens is 256 g/mol. The molecular formula is C12H20O7. The molecule has 19 heavy (non-hydrogen) atoms. The lowest BCUT2D eigenvalue weighted by Crippen LogP contribution is -2.23. The molecule has 0 aliphatic rings. The molecule has 0 saturated carbocycles. The van der Waals surface area contributed by atoms with Gasteiger partial charge in [-0.3, -0.25) is 0 Å². The van der Waals surface area contributed by atoms with Gasteiger partial charge in [0.05, 0.1) is 5.57 Å². The molecule has 1 atom stereocenters. The maximum Gasteiger partial charge on any atom is 0.508 e. The molecule has 1 N–H and O–H groups in total. The summed E-state index contributed by atoms with van der Waals surface area (Å²) in [5.74, 6) is -0.758. The summed E-state index contributed by atoms with van der Waals surface area (Å²) < 4.78 is 8.91. The van der Waals surface area contributed by atoms with Gasteiger partial charge in [0.1, 0.15) is 11.9 Å². The van der Waals surface area contributed by atoms with Crippen LogP contribution in [0.15, 0.2) is 11.8 Å². The van der Waals surface area contributed by atoms with Gasteiger partial charge in [-0.1, -0.05) is 6.92 Å². The fourth-order valence-corrected chi connectivity index (χ4v) is 0.743. The van der Waals surface area contributed by atoms with Gasteiger partial charge in [-0.25, -0.2) is 9.59 Å². The minimum atomic E-state index is -1.52. The fourth-order valence-electron chi connectivity index (χ4n) is 0.743. The van der Waals surface area contributed by atoms with E-state index in [0.717, 1.165) is 12.7 Å². The van der Waals surface area contributed by atoms with Crippen molar-refractivity contribution in [3.63, 3.8) is 0 Å². The predicted molar refractivity (Wildman–Crippen MR) is 65.0 cm³/mol. The second-order valence-electron chi connectivity index (χ2n) is 4.45. The van der Waals surface area contributed by atoms with Crippen molar-refractivity contribution in [3.8, 4) is 0 Å². The number of hydrogen-bond donors (Lipinski definition) is 1. The molecule has 1 unspecified atom stereocenters. The number of carbonyl (C=O) groups excluding carboxylic acids is 1. The normalized spacial score (nSPS) is 13.6. The van der Waals surface area contributed by atoms with Crippen LogP contribution in [0.1, 0.15) is 41.0 Å². The molecule has 0 radical (unpaired) electrons. The first-order valence-electron chi connectivity index (χ1n) is 5.79. The predicted octanol–water partition coefficient (Wildman–Crippen LogP) is 2.61. The Labute approximate surface area is 112 Å². The summed E-state index contributed by atoms with van der Waals surface area (Å²) in [6, 6.07) is 0. The second kappa shape index (κ2) is 7.63. The molecule has 0 aromatic rings. The summed E-state index contributed by atoms with van der Waals surface area (Å²) >= 11 is 0. The SMILES string of the molecule is CCC(C)(C)OOC=C(C)C(=O)OC(C)OC(=O)O. The van der Waals surface area contributed by atoms with E-state index in [1.807, 2.05) is 20.8 Å². The Hall–Kier alpha value is -1.76. The van der Waals surface area contributed by atoms with Crippen molar-refractivity contribution in [1.82, 2.24) is 0 Å². The third-order valence-corrected chi connectivity index (χ3v) is 2.21. The van der Waals surface area contributed by atoms with Crippen LogP contribution in [0.4, 0.5) is 4.79 Å². The molecule has 0 saturated heterocycles. The number of carbonyl (C=O) groups is 2. The molecule has 7 heteroatoms. The number of carboxylic acid groups (broad SMARTS) is 1. The van der Waals surface area contributed by atoms with Crippen molar-refractivity contribution >= 4 is 12.1 Å². The van der Waals surface area contributed by atoms with E-state index in [4.69, 9.17) is 14.9 Å². The summed E-state index contributed by atoms with van der Waals surface area (Å²) in [5, 5.41) is 8.32. The van der Waals surface area contributed by atoms with Gasteiger partial charge in [0, 0.05) is 6.92 Å². The van der Waals surface area contributed by atoms with Crippen LogP contribution in [0.2, 0.25) is 0 Å². The summed E-state index contributed by atoms with van der Waals surface area (Å²) in [6.07, 6.45) is -0.895. The van der Waals surface area contributed by atoms with Crippen LogP contribution in [-0.4, -0.2) is 29.1 Å². The summed E-state index contributed by atoms with van der Waals surface area (Å²) in [5.41, 5.74) is -0.354. The van der Waals surface area contributed by atoms with Gasteiger partial charge in [0.2, 0.25) is 6.29 Å². The van der Waals surface area contributed by atoms with Gasteiger partial charge in [0.15, 0.2) is 0 Å². The minimum absolute atomic E-state index is 0.118. The molecule has 0 aromatic heterocycles. The van der Waals surface area contributed by atoms with Crippen molar-refractivity contribution in [2.45, 2.75) is 52.9 Å². The smallest absolute Gasteiger partial charge is 0.450 e. The highest BCUT2D eigenvalue weighted by Gasteiger charge is 2.18. The van der Waals surface area contributed by atoms with E-state index >= 15 is 0 Å². The molecule has 0 bridgehead atoms. The molecule has 110 valence electrons. The molecule has 0 rings (SSSR count). The highest BCUT2D eigenvalue weighted by atomic mass is 17.2. The topological polar surface area (TPSA) is 91.3 Å². The Bertz CT molecular complexity index is 346. The summed E-state index contributed by atoms with van der Waals surface area (Å²) in [4.78, 5) is 31.5. The maximum atomic E-state index is 11.5. The summed E-state index contributed by atoms with van der Waals surface area (Å²) in [7, 11) is 0. The van der Waals surface area contributed by atoms with Crippen LogP contribution in [0.3, 0.4) is 0 Å². The zero-order valence-electron chi connectivity index (χ0n) is 11.8. The van der Waals surface area contributed by atoms with Crippen LogP contribution in [-0.2, 0) is 24.0 Å². The van der Waals surface area contributed by atoms with E-state index in [2.05, 4.69) is 9.47 Å². The molecule has 0 aliphatic carbocycles. The van der Waals surface area contributed by atoms with Gasteiger partial charge in [-0.2, -0.15) is 4.89 Å². The number of ether oxygens (including phenoxy) is 2. The van der Waals surface area contributed by atoms with Gasteiger partial charge >= 0.3 is 12.1 Å². The maximum absolute atomic E-state index is 11.5. The zero-order valence-corrected chi connectivity index (χ0v) is 11.8. The lowest BCUT2D eigenvalue weighted by Gasteiger charge is -2.20. The number of hydrogen-bond acceptors (Lipinski definition) is 6. The lowest BCUT2D eigenvalue weighted by molar-refractivity contribution is -0.317. The zero-order chi connectivity index (χ0) is 15.1. The molecule has 7 nitrogen and oxygen atoms in total. The van der Waals surface area contributed by atoms with Crippen molar-refractivity contribution in [3.05, 3.63) is 11.8 Å². The fraction of sp³-hybridized carbons (Fsp3) is 0.667. The molecule has 0 aromatic carbocycles. The lowest BCUT2D eigenvalue weighted by atomic mass is 10.1. The van der Waals surface area contributed by atoms with Crippen molar-refractivity contribution in [2.24, 2.45) is 0 Å². The van der Waals surface area contributed by atoms with E-state index < -0.39 is 24.0 Å². The van der Waals surface area contributed by atoms with E-state index in [1.165, 1.54) is 13.8 Å². The quantitative estimate of drug-likeness (QED) is 0.191. The van der Waals surface area contributed by atoms with Crippen molar-refractivity contribution in [1.29, 1.82) is 0 Å². The summed E-state index contributed by atoms with van der Waals surface area (Å²) in [6.45, 7) is 8.32. The van der Waals surface area contributed by atoms with E-state index in [0.29, 0.717) is 0 Å². The average Bonchev–Trinajstić information content (AvgIpc) is 2.27. The minimum Gasteiger partial charge on any atom is -0.450 e. The standard InChI is InChI=1S/C12H20O7/c1-6-12(4,5)19-16-7-8(2)10(13)17-9(3)18-11(14)15/h7,9H,6H2,1-5H3,(H,14,15). The van der Waals surface area contributed by atoms with Crippen LogP contribution < -0.4 is 0 Å². The number of esters is 1. The van der Waals surface area contributed by atoms with Gasteiger partial charge < -0.3 is 19.5 Å². The van der Waals surface area contributed by atoms with E-state index in [9.17, 15) is 9.59 Å². The first kappa shape index (κ1) is 17.2. The van der Waals surface area contributed by atoms with Crippen LogP contribution in [0.25, 0.3) is 0 Å². The number of rotatable bonds is 7. The van der Waals surface area contributed by atoms with Gasteiger partial charge in [-0.05, 0) is 27.2 Å². The highest BCUT2D eigenvalue weighted by Crippen LogP contribution is 2.14. The van der Waals surface area contributed by atoms with Crippen LogP contribution in [0, 0.1) is 0 Å². The third-order valence-electron chi connectivity index (χ3n) is 2.21. The Morgan fingerprint density at radius 1 is 1.32 bits per heavy atom. The van der Waals surface area contributed by atoms with Crippen molar-refractivity contribution < 1.29 is 33.9 Å². The second-order valence-corrected chi connectivity index (χ2v) is 4.45. The monoisotopic (exact) mass is 276 g/mol. The van der Waals surface area contributed by atoms with E-state index in [1.54, 1.807) is 0 Å². The molecule has 0 spiro atoms. The molecule has 0 fully saturated rings. The van der Waals surface area contributed by atoms with Crippen molar-refractivity contribution in [2.75, 3.05) is 0 Å². The molecule has 0 heterocycles. The van der Waals surface area contributed by atoms with Gasteiger partial charge in [-0.15, -0.1) is 0 Å². The molecule has 0 amide bonds. The first-order chi connectivity index (χ1) is 8.68. The van der Waals surface area contributed by atoms with Crippen LogP contribution in [0.5, 0.6) is 0 Å². The third kappa shape index (κ3) is 8.04. The Balaban J connectivity index is 4.22. The Morgan fingerprint density at radius 3 is 2.37 bits per heavy atom. The highest BCUT2D eigenvalue weighted by molar-refractivity contribution is 5.87. The Morgan fingerprint density at radius 2 is 1.89 bits per heavy atom. The van der Waals surface area contributed by atoms with E-state index in [-0.39, 0.29) is 5.57 Å². The average molecular weight is 276 g/mol. The largest absolute Gasteiger partial charge is 0.508 e. The van der Waals surface area contributed by atoms with Gasteiger partial charge in [0.25, 0.3) is 0 Å². The van der Waals surface area contributed by atoms with Crippen LogP contribution >= 0.6 is 0 Å². The first-order valence-corrected chi connectivity index (χ1v) is 5.79. The molecule has 0 aliphatic heterocycles.